The monoisotopic (exact) mass is 305 g/mol. The number of hydrogen-bond acceptors (Lipinski definition) is 4. The van der Waals surface area contributed by atoms with Crippen molar-refractivity contribution in [3.8, 4) is 5.69 Å². The number of ether oxygens (including phenoxy) is 1. The third-order valence-corrected chi connectivity index (χ3v) is 3.89. The number of aromatic nitrogens is 2. The first-order valence-electron chi connectivity index (χ1n) is 6.84. The van der Waals surface area contributed by atoms with Crippen LogP contribution in [0.25, 0.3) is 5.69 Å². The van der Waals surface area contributed by atoms with E-state index in [1.165, 1.54) is 4.68 Å². The third-order valence-electron chi connectivity index (χ3n) is 3.53. The van der Waals surface area contributed by atoms with E-state index in [1.807, 2.05) is 36.1 Å². The van der Waals surface area contributed by atoms with Gasteiger partial charge in [-0.05, 0) is 19.1 Å². The van der Waals surface area contributed by atoms with Gasteiger partial charge in [-0.2, -0.15) is 9.78 Å². The van der Waals surface area contributed by atoms with Gasteiger partial charge in [-0.1, -0.05) is 29.3 Å². The number of nitrogens with zero attached hydrogens (tertiary/aromatic N) is 3. The van der Waals surface area contributed by atoms with Crippen molar-refractivity contribution in [2.45, 2.75) is 6.92 Å². The maximum absolute atomic E-state index is 12.4. The Balaban J connectivity index is 2.00. The largest absolute Gasteiger partial charge is 0.378 e. The first-order valence-corrected chi connectivity index (χ1v) is 7.22. The minimum atomic E-state index is -0.301. The number of aryl methyl sites for hydroxylation is 1. The number of halogens is 1. The minimum absolute atomic E-state index is 0.201. The zero-order chi connectivity index (χ0) is 14.8. The molecular formula is C15H16ClN3O2. The molecule has 2 aromatic rings. The van der Waals surface area contributed by atoms with E-state index in [9.17, 15) is 4.79 Å². The Morgan fingerprint density at radius 3 is 2.52 bits per heavy atom. The molecule has 0 saturated carbocycles. The van der Waals surface area contributed by atoms with Crippen molar-refractivity contribution in [3.05, 3.63) is 51.4 Å². The number of rotatable bonds is 2. The number of morpholine rings is 1. The lowest BCUT2D eigenvalue weighted by Gasteiger charge is -2.29. The highest BCUT2D eigenvalue weighted by Crippen LogP contribution is 2.22. The number of hydrogen-bond donors (Lipinski definition) is 0. The summed E-state index contributed by atoms with van der Waals surface area (Å²) < 4.78 is 6.63. The van der Waals surface area contributed by atoms with Crippen LogP contribution in [0, 0.1) is 6.92 Å². The Morgan fingerprint density at radius 2 is 1.86 bits per heavy atom. The normalized spacial score (nSPS) is 15.2. The minimum Gasteiger partial charge on any atom is -0.378 e. The molecule has 5 nitrogen and oxygen atoms in total. The maximum atomic E-state index is 12.4. The molecule has 6 heteroatoms. The quantitative estimate of drug-likeness (QED) is 0.852. The zero-order valence-electron chi connectivity index (χ0n) is 11.8. The number of benzene rings is 1. The molecule has 0 bridgehead atoms. The molecular weight excluding hydrogens is 290 g/mol. The second kappa shape index (κ2) is 5.87. The van der Waals surface area contributed by atoms with Crippen LogP contribution < -0.4 is 10.5 Å². The highest BCUT2D eigenvalue weighted by molar-refractivity contribution is 6.33. The molecule has 0 N–H and O–H groups in total. The highest BCUT2D eigenvalue weighted by Gasteiger charge is 2.18. The molecule has 0 unspecified atom stereocenters. The van der Waals surface area contributed by atoms with Crippen molar-refractivity contribution in [3.63, 3.8) is 0 Å². The molecule has 3 rings (SSSR count). The molecule has 0 spiro atoms. The summed E-state index contributed by atoms with van der Waals surface area (Å²) in [7, 11) is 0. The van der Waals surface area contributed by atoms with Crippen LogP contribution in [0.15, 0.2) is 35.3 Å². The zero-order valence-corrected chi connectivity index (χ0v) is 12.5. The van der Waals surface area contributed by atoms with Crippen molar-refractivity contribution in [2.24, 2.45) is 0 Å². The van der Waals surface area contributed by atoms with Crippen LogP contribution in [0.4, 0.5) is 5.69 Å². The van der Waals surface area contributed by atoms with Crippen molar-refractivity contribution in [1.82, 2.24) is 9.78 Å². The van der Waals surface area contributed by atoms with Crippen molar-refractivity contribution in [1.29, 1.82) is 0 Å². The van der Waals surface area contributed by atoms with E-state index < -0.39 is 0 Å². The van der Waals surface area contributed by atoms with Gasteiger partial charge in [0.25, 0.3) is 5.56 Å². The van der Waals surface area contributed by atoms with Gasteiger partial charge in [0.15, 0.2) is 0 Å². The van der Waals surface area contributed by atoms with Gasteiger partial charge < -0.3 is 9.64 Å². The molecule has 1 fully saturated rings. The van der Waals surface area contributed by atoms with Gasteiger partial charge in [-0.15, -0.1) is 0 Å². The second-order valence-corrected chi connectivity index (χ2v) is 5.37. The van der Waals surface area contributed by atoms with E-state index >= 15 is 0 Å². The van der Waals surface area contributed by atoms with E-state index in [0.29, 0.717) is 24.6 Å². The van der Waals surface area contributed by atoms with E-state index in [1.54, 1.807) is 6.20 Å². The lowest BCUT2D eigenvalue weighted by Crippen LogP contribution is -2.38. The molecule has 110 valence electrons. The predicted octanol–water partition coefficient (Wildman–Crippen LogP) is 2.03. The standard InChI is InChI=1S/C15H16ClN3O2/c1-11-2-4-12(5-3-11)19-15(20)14(16)13(10-17-19)18-6-8-21-9-7-18/h2-5,10H,6-9H2,1H3. The smallest absolute Gasteiger partial charge is 0.292 e. The predicted molar refractivity (Wildman–Crippen MR) is 82.6 cm³/mol. The molecule has 1 aliphatic heterocycles. The Hall–Kier alpha value is -1.85. The van der Waals surface area contributed by atoms with Crippen LogP contribution in [0.1, 0.15) is 5.56 Å². The van der Waals surface area contributed by atoms with Gasteiger partial charge in [0, 0.05) is 13.1 Å². The average Bonchev–Trinajstić information content (AvgIpc) is 2.52. The molecule has 1 saturated heterocycles. The van der Waals surface area contributed by atoms with Crippen molar-refractivity contribution >= 4 is 17.3 Å². The molecule has 0 atom stereocenters. The summed E-state index contributed by atoms with van der Waals surface area (Å²) >= 11 is 6.26. The lowest BCUT2D eigenvalue weighted by atomic mass is 10.2. The summed E-state index contributed by atoms with van der Waals surface area (Å²) in [6.07, 6.45) is 1.65. The first-order chi connectivity index (χ1) is 10.2. The van der Waals surface area contributed by atoms with Gasteiger partial charge >= 0.3 is 0 Å². The van der Waals surface area contributed by atoms with E-state index in [0.717, 1.165) is 18.7 Å². The van der Waals surface area contributed by atoms with Gasteiger partial charge in [-0.3, -0.25) is 4.79 Å². The summed E-state index contributed by atoms with van der Waals surface area (Å²) in [6, 6.07) is 7.59. The lowest BCUT2D eigenvalue weighted by molar-refractivity contribution is 0.122. The van der Waals surface area contributed by atoms with Crippen LogP contribution in [0.5, 0.6) is 0 Å². The molecule has 1 aromatic heterocycles. The Labute approximate surface area is 127 Å². The second-order valence-electron chi connectivity index (χ2n) is 5.00. The van der Waals surface area contributed by atoms with Crippen LogP contribution in [-0.2, 0) is 4.74 Å². The molecule has 2 heterocycles. The van der Waals surface area contributed by atoms with Gasteiger partial charge in [0.1, 0.15) is 5.02 Å². The van der Waals surface area contributed by atoms with E-state index in [4.69, 9.17) is 16.3 Å². The SMILES string of the molecule is Cc1ccc(-n2ncc(N3CCOCC3)c(Cl)c2=O)cc1. The molecule has 21 heavy (non-hydrogen) atoms. The Morgan fingerprint density at radius 1 is 1.19 bits per heavy atom. The summed E-state index contributed by atoms with van der Waals surface area (Å²) in [4.78, 5) is 14.5. The Bertz CT molecular complexity index is 691. The molecule has 1 aromatic carbocycles. The first kappa shape index (κ1) is 14.1. The van der Waals surface area contributed by atoms with Gasteiger partial charge in [-0.25, -0.2) is 0 Å². The topological polar surface area (TPSA) is 47.4 Å². The van der Waals surface area contributed by atoms with Gasteiger partial charge in [0.05, 0.1) is 30.8 Å². The maximum Gasteiger partial charge on any atom is 0.292 e. The fraction of sp³-hybridized carbons (Fsp3) is 0.333. The van der Waals surface area contributed by atoms with E-state index in [2.05, 4.69) is 5.10 Å². The highest BCUT2D eigenvalue weighted by atomic mass is 35.5. The molecule has 0 amide bonds. The van der Waals surface area contributed by atoms with Crippen molar-refractivity contribution in [2.75, 3.05) is 31.2 Å². The summed E-state index contributed by atoms with van der Waals surface area (Å²) in [6.45, 7) is 4.70. The fourth-order valence-corrected chi connectivity index (χ4v) is 2.57. The fourth-order valence-electron chi connectivity index (χ4n) is 2.32. The van der Waals surface area contributed by atoms with Crippen LogP contribution in [0.2, 0.25) is 5.02 Å². The van der Waals surface area contributed by atoms with Crippen LogP contribution in [0.3, 0.4) is 0 Å². The van der Waals surface area contributed by atoms with Crippen LogP contribution in [-0.4, -0.2) is 36.1 Å². The third kappa shape index (κ3) is 2.80. The molecule has 1 aliphatic rings. The Kier molecular flexibility index (Phi) is 3.94. The molecule has 0 aliphatic carbocycles. The average molecular weight is 306 g/mol. The van der Waals surface area contributed by atoms with E-state index in [-0.39, 0.29) is 10.6 Å². The molecule has 0 radical (unpaired) electrons. The van der Waals surface area contributed by atoms with Crippen LogP contribution >= 0.6 is 11.6 Å². The van der Waals surface area contributed by atoms with Crippen molar-refractivity contribution < 1.29 is 4.74 Å². The summed E-state index contributed by atoms with van der Waals surface area (Å²) in [5.41, 5.74) is 2.21. The number of anilines is 1. The summed E-state index contributed by atoms with van der Waals surface area (Å²) in [5, 5.41) is 4.45. The van der Waals surface area contributed by atoms with Gasteiger partial charge in [0.2, 0.25) is 0 Å². The summed E-state index contributed by atoms with van der Waals surface area (Å²) in [5.74, 6) is 0.